The number of nitrogens with one attached hydrogen (secondary N) is 6. The molecule has 13 N–H and O–H groups in total. The van der Waals surface area contributed by atoms with Crippen LogP contribution in [-0.2, 0) is 54.0 Å². The van der Waals surface area contributed by atoms with Crippen molar-refractivity contribution >= 4 is 71.0 Å². The number of β-amino-alcohol motifs (C(OH)–C–C–N with tert-alkyl or cyclic N) is 1. The number of unbranched alkanes of at least 4 members (excludes halogenated alkanes) is 4. The normalized spacial score (nSPS) is 24.5. The Kier molecular flexibility index (Phi) is 31.1. The van der Waals surface area contributed by atoms with E-state index in [1.807, 2.05) is 24.3 Å². The predicted molar refractivity (Wildman–Crippen MR) is 345 cm³/mol. The van der Waals surface area contributed by atoms with Crippen molar-refractivity contribution in [3.05, 3.63) is 77.9 Å². The number of morpholine rings is 1. The van der Waals surface area contributed by atoms with Crippen LogP contribution in [0.2, 0.25) is 0 Å². The van der Waals surface area contributed by atoms with Gasteiger partial charge in [0.25, 0.3) is 18.2 Å². The number of carbonyl (C=O) groups excluding carboxylic acids is 8. The molecule has 1 aromatic heterocycles. The molecule has 536 valence electrons. The van der Waals surface area contributed by atoms with Gasteiger partial charge in [-0.05, 0) is 80.3 Å². The van der Waals surface area contributed by atoms with Crippen molar-refractivity contribution < 1.29 is 137 Å². The van der Waals surface area contributed by atoms with Gasteiger partial charge in [-0.2, -0.15) is 0 Å². The Balaban J connectivity index is 0.0000138. The number of amides is 9. The number of rotatable bonds is 25. The van der Waals surface area contributed by atoms with Crippen molar-refractivity contribution in [2.24, 2.45) is 5.92 Å². The molecule has 99 heavy (non-hydrogen) atoms. The van der Waals surface area contributed by atoms with Crippen LogP contribution in [0, 0.1) is 5.92 Å². The number of urea groups is 1. The fourth-order valence-electron chi connectivity index (χ4n) is 11.7. The van der Waals surface area contributed by atoms with Crippen molar-refractivity contribution in [1.29, 1.82) is 0 Å². The SMILES string of the molecule is COCCCCCCCOc1ccc(-c2nnc(-c3ccc(C(=O)N[C@H]4C[C@H](O)CNC(=O)[C@@H]5[C@@H](O)[C@H](C)CN5C(=O)[C@H]([C@H](O)CCNC(=O)N5CCOCC5)NC(=O)[C@H]([C@H](O)Cc5ccc(O)c(OSOO[O-])c5)NC(=O)[C@@H]5C[C@@H](O)CN5C(=O)[C@H]([C@H](C)O)NC4=O)cc3)s2)cc1.[Na+]. The third-order valence-electron chi connectivity index (χ3n) is 17.1. The molecule has 13 atom stereocenters. The van der Waals surface area contributed by atoms with Gasteiger partial charge in [-0.1, -0.05) is 55.7 Å². The molecule has 0 aliphatic carbocycles. The molecule has 4 aromatic rings. The van der Waals surface area contributed by atoms with E-state index in [1.54, 1.807) is 19.2 Å². The quantitative estimate of drug-likeness (QED) is 0.00972. The minimum absolute atomic E-state index is 0. The number of aliphatic hydroxyl groups excluding tert-OH is 6. The number of hydrogen-bond donors (Lipinski definition) is 13. The second-order valence-electron chi connectivity index (χ2n) is 24.3. The molecule has 3 aromatic carbocycles. The van der Waals surface area contributed by atoms with E-state index in [2.05, 4.69) is 51.5 Å². The molecule has 0 saturated carbocycles. The Hall–Kier alpha value is -6.91. The van der Waals surface area contributed by atoms with Gasteiger partial charge in [0.15, 0.2) is 11.5 Å². The van der Waals surface area contributed by atoms with Gasteiger partial charge in [-0.15, -0.1) is 14.5 Å². The standard InChI is InChI=1S/C63H85N11O22S2.Na/c1-34-32-74-52(53(34)81)58(86)65-31-40(76)29-43(66-54(82)37-10-12-38(13-11-37)59-70-71-60(97-59)39-14-16-42(17-15-39)93-24-8-6-4-5-7-23-91-3)55(83)67-49(35(2)75)61(87)73-33-41(77)30-44(73)56(84)68-50(47(80)27-36-9-18-45(78)48(28-36)94-98-96-95-90)57(85)69-51(62(74)88)46(79)19-20-64-63(89)72-21-25-92-26-22-72;/h9-18,28,34-35,40-41,43-44,46-47,49-53,75-81,90H,4-8,19-27,29-33H2,1-3H3,(H,64,89)(H,65,86)(H,66,82)(H,67,83)(H,68,84)(H,69,85);/q;+1/p-1/t34-,35+,40+,41-,43+,44+,46-,47-,49+,50+,51+,52+,53+;/m1./s1. The van der Waals surface area contributed by atoms with Gasteiger partial charge in [0.2, 0.25) is 35.4 Å². The van der Waals surface area contributed by atoms with E-state index in [0.29, 0.717) is 27.9 Å². The molecule has 33 nitrogen and oxygen atoms in total. The maximum absolute atomic E-state index is 15.1. The number of carbonyl (C=O) groups is 8. The Morgan fingerprint density at radius 2 is 1.40 bits per heavy atom. The molecule has 8 rings (SSSR count). The summed E-state index contributed by atoms with van der Waals surface area (Å²) in [6, 6.07) is 5.00. The van der Waals surface area contributed by atoms with Gasteiger partial charge in [-0.3, -0.25) is 38.6 Å². The summed E-state index contributed by atoms with van der Waals surface area (Å²) in [5.41, 5.74) is 1.47. The fraction of sp³-hybridized carbons (Fsp3) is 0.556. The van der Waals surface area contributed by atoms with Crippen LogP contribution in [0.1, 0.15) is 81.1 Å². The average molecular weight is 1430 g/mol. The summed E-state index contributed by atoms with van der Waals surface area (Å²) in [5.74, 6) is -9.00. The number of benzene rings is 3. The molecule has 9 amide bonds. The van der Waals surface area contributed by atoms with Crippen LogP contribution >= 0.6 is 23.7 Å². The first-order valence-electron chi connectivity index (χ1n) is 32.1. The van der Waals surface area contributed by atoms with Crippen molar-refractivity contribution in [3.8, 4) is 38.4 Å². The number of phenols is 1. The van der Waals surface area contributed by atoms with E-state index in [4.69, 9.17) is 18.4 Å². The number of nitrogens with zero attached hydrogens (tertiary/aromatic N) is 5. The molecule has 0 spiro atoms. The minimum Gasteiger partial charge on any atom is -0.691 e. The van der Waals surface area contributed by atoms with E-state index >= 15 is 4.79 Å². The van der Waals surface area contributed by atoms with Crippen LogP contribution < -0.4 is 75.6 Å². The van der Waals surface area contributed by atoms with Crippen molar-refractivity contribution in [2.45, 2.75) is 145 Å². The number of hydrogen-bond acceptors (Lipinski definition) is 26. The Bertz CT molecular complexity index is 3340. The van der Waals surface area contributed by atoms with Crippen LogP contribution in [0.25, 0.3) is 21.1 Å². The van der Waals surface area contributed by atoms with Gasteiger partial charge >= 0.3 is 35.6 Å². The average Bonchev–Trinajstić information content (AvgIpc) is 1.69. The largest absolute Gasteiger partial charge is 1.00 e. The summed E-state index contributed by atoms with van der Waals surface area (Å²) in [5, 5.41) is 118. The summed E-state index contributed by atoms with van der Waals surface area (Å²) >= 11 is 1.30. The molecule has 4 aliphatic rings. The second-order valence-corrected chi connectivity index (χ2v) is 25.7. The van der Waals surface area contributed by atoms with E-state index < -0.39 is 171 Å². The van der Waals surface area contributed by atoms with E-state index in [9.17, 15) is 74.6 Å². The molecule has 0 unspecified atom stereocenters. The predicted octanol–water partition coefficient (Wildman–Crippen LogP) is -4.90. The van der Waals surface area contributed by atoms with Crippen LogP contribution in [0.3, 0.4) is 0 Å². The zero-order valence-electron chi connectivity index (χ0n) is 55.1. The number of ether oxygens (including phenoxy) is 3. The molecular formula is C63H84N11NaO22S2. The van der Waals surface area contributed by atoms with Crippen molar-refractivity contribution in [2.75, 3.05) is 72.8 Å². The van der Waals surface area contributed by atoms with E-state index in [0.717, 1.165) is 73.1 Å². The van der Waals surface area contributed by atoms with Gasteiger partial charge in [-0.25, -0.2) is 4.79 Å². The van der Waals surface area contributed by atoms with Gasteiger partial charge < -0.3 is 106 Å². The zero-order valence-corrected chi connectivity index (χ0v) is 58.7. The van der Waals surface area contributed by atoms with Crippen molar-refractivity contribution in [1.82, 2.24) is 56.8 Å². The van der Waals surface area contributed by atoms with Crippen LogP contribution in [0.5, 0.6) is 17.2 Å². The number of aliphatic hydroxyl groups is 6. The topological polar surface area (TPSA) is 464 Å². The second kappa shape index (κ2) is 38.8. The van der Waals surface area contributed by atoms with Crippen LogP contribution in [-0.4, -0.2) is 254 Å². The van der Waals surface area contributed by atoms with E-state index in [-0.39, 0.29) is 98.2 Å². The molecular weight excluding hydrogens is 1350 g/mol. The number of aromatic hydroxyl groups is 1. The van der Waals surface area contributed by atoms with Gasteiger partial charge in [0.05, 0.1) is 56.4 Å². The summed E-state index contributed by atoms with van der Waals surface area (Å²) in [7, 11) is 1.69. The number of phenolic OH excluding ortho intramolecular Hbond substituents is 1. The van der Waals surface area contributed by atoms with Gasteiger partial charge in [0, 0.05) is 94.9 Å². The third kappa shape index (κ3) is 22.0. The zero-order chi connectivity index (χ0) is 70.6. The number of aromatic nitrogens is 2. The Morgan fingerprint density at radius 1 is 0.768 bits per heavy atom. The molecule has 36 heteroatoms. The summed E-state index contributed by atoms with van der Waals surface area (Å²) in [6.45, 7) is 2.99. The molecule has 5 heterocycles. The maximum atomic E-state index is 15.1. The van der Waals surface area contributed by atoms with Crippen LogP contribution in [0.4, 0.5) is 4.79 Å². The first kappa shape index (κ1) is 79.4. The third-order valence-corrected chi connectivity index (χ3v) is 18.5. The fourth-order valence-corrected chi connectivity index (χ4v) is 12.8. The Morgan fingerprint density at radius 3 is 2.07 bits per heavy atom. The maximum Gasteiger partial charge on any atom is 1.00 e. The molecule has 4 fully saturated rings. The molecule has 0 radical (unpaired) electrons. The monoisotopic (exact) mass is 1430 g/mol. The first-order chi connectivity index (χ1) is 47.0. The molecule has 4 aliphatic heterocycles. The van der Waals surface area contributed by atoms with Crippen LogP contribution in [0.15, 0.2) is 66.7 Å². The van der Waals surface area contributed by atoms with Crippen molar-refractivity contribution in [3.63, 3.8) is 0 Å². The molecule has 0 bridgehead atoms. The number of fused-ring (bicyclic) bond motifs is 2. The number of methoxy groups -OCH3 is 1. The molecule has 4 saturated heterocycles. The first-order valence-corrected chi connectivity index (χ1v) is 33.6. The summed E-state index contributed by atoms with van der Waals surface area (Å²) < 4.78 is 25.6. The van der Waals surface area contributed by atoms with Gasteiger partial charge in [0.1, 0.15) is 52.0 Å². The summed E-state index contributed by atoms with van der Waals surface area (Å²) in [4.78, 5) is 119. The summed E-state index contributed by atoms with van der Waals surface area (Å²) in [6.07, 6.45) is -7.61. The Labute approximate surface area is 600 Å². The minimum atomic E-state index is -2.18. The smallest absolute Gasteiger partial charge is 0.691 e. The van der Waals surface area contributed by atoms with E-state index in [1.165, 1.54) is 41.4 Å².